The van der Waals surface area contributed by atoms with Gasteiger partial charge in [-0.1, -0.05) is 12.8 Å². The van der Waals surface area contributed by atoms with Crippen LogP contribution in [0.3, 0.4) is 0 Å². The maximum atomic E-state index is 14.3. The molecular formula is C40H50F9N5O4. The second kappa shape index (κ2) is 20.1. The summed E-state index contributed by atoms with van der Waals surface area (Å²) in [5.41, 5.74) is -4.00. The molecule has 322 valence electrons. The number of esters is 1. The monoisotopic (exact) mass is 835 g/mol. The maximum Gasteiger partial charge on any atom is 0.416 e. The molecule has 1 aliphatic rings. The number of anilines is 3. The Balaban J connectivity index is 1.76. The number of aromatic nitrogens is 2. The molecule has 18 heteroatoms. The van der Waals surface area contributed by atoms with Gasteiger partial charge in [-0.05, 0) is 88.1 Å². The van der Waals surface area contributed by atoms with Crippen LogP contribution < -0.4 is 14.7 Å². The summed E-state index contributed by atoms with van der Waals surface area (Å²) in [6, 6.07) is 4.33. The first-order valence-corrected chi connectivity index (χ1v) is 19.1. The molecule has 0 spiro atoms. The summed E-state index contributed by atoms with van der Waals surface area (Å²) in [6.07, 6.45) is -9.36. The Bertz CT molecular complexity index is 1730. The van der Waals surface area contributed by atoms with Crippen LogP contribution in [0.1, 0.15) is 87.6 Å². The summed E-state index contributed by atoms with van der Waals surface area (Å²) >= 11 is 0. The number of carbonyl (C=O) groups excluding carboxylic acids is 1. The number of alkyl halides is 9. The number of morpholine rings is 1. The zero-order valence-corrected chi connectivity index (χ0v) is 33.0. The smallest absolute Gasteiger partial charge is 0.416 e. The van der Waals surface area contributed by atoms with Gasteiger partial charge >= 0.3 is 24.5 Å². The minimum atomic E-state index is -5.13. The molecule has 2 heterocycles. The first kappa shape index (κ1) is 46.4. The third-order valence-electron chi connectivity index (χ3n) is 9.17. The average Bonchev–Trinajstić information content (AvgIpc) is 3.14. The van der Waals surface area contributed by atoms with E-state index < -0.39 is 59.5 Å². The molecule has 0 radical (unpaired) electrons. The Hall–Kier alpha value is -4.32. The van der Waals surface area contributed by atoms with Crippen molar-refractivity contribution in [2.45, 2.75) is 97.0 Å². The number of benzene rings is 2. The second-order valence-corrected chi connectivity index (χ2v) is 14.9. The largest absolute Gasteiger partial charge is 0.466 e. The first-order valence-electron chi connectivity index (χ1n) is 19.1. The van der Waals surface area contributed by atoms with Crippen molar-refractivity contribution in [3.8, 4) is 0 Å². The lowest BCUT2D eigenvalue weighted by Crippen LogP contribution is -2.36. The summed E-state index contributed by atoms with van der Waals surface area (Å²) in [7, 11) is 0. The van der Waals surface area contributed by atoms with Crippen molar-refractivity contribution in [1.29, 1.82) is 0 Å². The highest BCUT2D eigenvalue weighted by Crippen LogP contribution is 2.38. The summed E-state index contributed by atoms with van der Waals surface area (Å²) in [5.74, 6) is -0.433. The predicted molar refractivity (Wildman–Crippen MR) is 200 cm³/mol. The molecule has 3 aromatic rings. The Morgan fingerprint density at radius 2 is 1.36 bits per heavy atom. The zero-order chi connectivity index (χ0) is 42.7. The van der Waals surface area contributed by atoms with Crippen LogP contribution in [0.2, 0.25) is 0 Å². The van der Waals surface area contributed by atoms with Crippen molar-refractivity contribution < 1.29 is 58.5 Å². The molecule has 9 nitrogen and oxygen atoms in total. The molecule has 2 aromatic carbocycles. The number of rotatable bonds is 18. The Morgan fingerprint density at radius 1 is 0.759 bits per heavy atom. The van der Waals surface area contributed by atoms with Gasteiger partial charge in [-0.2, -0.15) is 39.5 Å². The van der Waals surface area contributed by atoms with Gasteiger partial charge in [0, 0.05) is 51.4 Å². The number of unbranched alkanes of at least 4 members (excludes halogenated alkanes) is 3. The van der Waals surface area contributed by atoms with Crippen molar-refractivity contribution in [2.24, 2.45) is 0 Å². The van der Waals surface area contributed by atoms with Crippen LogP contribution in [0.15, 0.2) is 48.8 Å². The van der Waals surface area contributed by atoms with E-state index >= 15 is 0 Å². The molecule has 0 bridgehead atoms. The van der Waals surface area contributed by atoms with Gasteiger partial charge in [-0.15, -0.1) is 0 Å². The van der Waals surface area contributed by atoms with Crippen LogP contribution in [-0.4, -0.2) is 74.1 Å². The highest BCUT2D eigenvalue weighted by atomic mass is 19.4. The molecule has 0 saturated carbocycles. The molecule has 1 fully saturated rings. The van der Waals surface area contributed by atoms with Gasteiger partial charge in [0.1, 0.15) is 0 Å². The van der Waals surface area contributed by atoms with Crippen molar-refractivity contribution >= 4 is 23.3 Å². The quantitative estimate of drug-likeness (QED) is 0.0707. The second-order valence-electron chi connectivity index (χ2n) is 14.9. The van der Waals surface area contributed by atoms with Gasteiger partial charge in [-0.3, -0.25) is 4.79 Å². The molecule has 4 rings (SSSR count). The SMILES string of the molecule is CCOC(=O)CCCCCCN(CCOC(C)(C)C)c1ccc(C(F)(F)F)cc1CN(Cc1cc(C(F)(F)F)cc(C(F)(F)F)c1)c1ncc(N2CCOCC2)cn1. The number of hydrogen-bond donors (Lipinski definition) is 0. The molecule has 0 unspecified atom stereocenters. The number of halogens is 9. The molecule has 1 aromatic heterocycles. The normalized spacial score (nSPS) is 14.1. The van der Waals surface area contributed by atoms with E-state index in [1.807, 2.05) is 30.6 Å². The van der Waals surface area contributed by atoms with Gasteiger partial charge in [0.15, 0.2) is 0 Å². The van der Waals surface area contributed by atoms with E-state index in [0.717, 1.165) is 12.1 Å². The Morgan fingerprint density at radius 3 is 1.93 bits per heavy atom. The van der Waals surface area contributed by atoms with Crippen molar-refractivity contribution in [2.75, 3.05) is 67.3 Å². The fourth-order valence-electron chi connectivity index (χ4n) is 6.37. The van der Waals surface area contributed by atoms with Crippen LogP contribution in [0.25, 0.3) is 0 Å². The molecule has 0 atom stereocenters. The average molecular weight is 836 g/mol. The van der Waals surface area contributed by atoms with Crippen LogP contribution in [0.5, 0.6) is 0 Å². The first-order chi connectivity index (χ1) is 27.1. The number of nitrogens with zero attached hydrogens (tertiary/aromatic N) is 5. The van der Waals surface area contributed by atoms with Crippen LogP contribution >= 0.6 is 0 Å². The Labute approximate surface area is 332 Å². The molecule has 1 saturated heterocycles. The zero-order valence-electron chi connectivity index (χ0n) is 33.0. The number of carbonyl (C=O) groups is 1. The minimum absolute atomic E-state index is 0.0146. The van der Waals surface area contributed by atoms with E-state index in [-0.39, 0.29) is 49.7 Å². The van der Waals surface area contributed by atoms with Crippen LogP contribution in [0.4, 0.5) is 56.8 Å². The lowest BCUT2D eigenvalue weighted by atomic mass is 10.0. The summed E-state index contributed by atoms with van der Waals surface area (Å²) in [4.78, 5) is 25.6. The third kappa shape index (κ3) is 14.5. The molecule has 58 heavy (non-hydrogen) atoms. The van der Waals surface area contributed by atoms with Crippen molar-refractivity contribution in [3.05, 3.63) is 76.6 Å². The van der Waals surface area contributed by atoms with Gasteiger partial charge in [0.2, 0.25) is 5.95 Å². The van der Waals surface area contributed by atoms with E-state index in [9.17, 15) is 44.3 Å². The summed E-state index contributed by atoms with van der Waals surface area (Å²) in [6.45, 7) is 9.21. The molecule has 1 aliphatic heterocycles. The van der Waals surface area contributed by atoms with Crippen molar-refractivity contribution in [1.82, 2.24) is 9.97 Å². The minimum Gasteiger partial charge on any atom is -0.466 e. The lowest BCUT2D eigenvalue weighted by molar-refractivity contribution is -0.144. The summed E-state index contributed by atoms with van der Waals surface area (Å²) < 4.78 is 143. The fraction of sp³-hybridized carbons (Fsp3) is 0.575. The predicted octanol–water partition coefficient (Wildman–Crippen LogP) is 9.71. The molecule has 0 aliphatic carbocycles. The van der Waals surface area contributed by atoms with Gasteiger partial charge in [0.05, 0.1) is 66.8 Å². The maximum absolute atomic E-state index is 14.3. The van der Waals surface area contributed by atoms with E-state index in [1.165, 1.54) is 23.4 Å². The van der Waals surface area contributed by atoms with Crippen molar-refractivity contribution in [3.63, 3.8) is 0 Å². The van der Waals surface area contributed by atoms with Gasteiger partial charge < -0.3 is 28.9 Å². The van der Waals surface area contributed by atoms with E-state index in [4.69, 9.17) is 14.2 Å². The molecular weight excluding hydrogens is 785 g/mol. The highest BCUT2D eigenvalue weighted by Gasteiger charge is 2.37. The van der Waals surface area contributed by atoms with Gasteiger partial charge in [0.25, 0.3) is 0 Å². The van der Waals surface area contributed by atoms with E-state index in [0.29, 0.717) is 82.0 Å². The number of ether oxygens (including phenoxy) is 3. The standard InChI is InChI=1S/C40H50F9N5O4/c1-5-57-35(55)10-8-6-7-9-13-53(16-19-58-37(2,3)4)34-12-11-30(38(41,42)43)22-29(34)27-54(36-50-24-33(25-51-36)52-14-17-56-18-15-52)26-28-20-31(39(44,45)46)23-32(21-28)40(47,48)49/h11-12,20-25H,5-10,13-19,26-27H2,1-4H3. The van der Waals surface area contributed by atoms with Crippen LogP contribution in [0, 0.1) is 0 Å². The topological polar surface area (TPSA) is 80.3 Å². The summed E-state index contributed by atoms with van der Waals surface area (Å²) in [5, 5.41) is 0. The highest BCUT2D eigenvalue weighted by molar-refractivity contribution is 5.69. The third-order valence-corrected chi connectivity index (χ3v) is 9.17. The molecule has 0 amide bonds. The fourth-order valence-corrected chi connectivity index (χ4v) is 6.37. The van der Waals surface area contributed by atoms with E-state index in [1.54, 1.807) is 6.92 Å². The lowest BCUT2D eigenvalue weighted by Gasteiger charge is -2.32. The van der Waals surface area contributed by atoms with E-state index in [2.05, 4.69) is 9.97 Å². The van der Waals surface area contributed by atoms with Gasteiger partial charge in [-0.25, -0.2) is 9.97 Å². The van der Waals surface area contributed by atoms with Crippen LogP contribution in [-0.2, 0) is 50.6 Å². The molecule has 0 N–H and O–H groups in total. The Kier molecular flexibility index (Phi) is 16.1. The number of hydrogen-bond acceptors (Lipinski definition) is 9.